The number of nitrogens with zero attached hydrogens (tertiary/aromatic N) is 1. The van der Waals surface area contributed by atoms with Gasteiger partial charge in [-0.3, -0.25) is 4.72 Å². The third-order valence-electron chi connectivity index (χ3n) is 2.77. The van der Waals surface area contributed by atoms with Crippen molar-refractivity contribution in [2.24, 2.45) is 0 Å². The second kappa shape index (κ2) is 5.05. The molecule has 0 aliphatic rings. The number of aromatic nitrogens is 1. The van der Waals surface area contributed by atoms with Gasteiger partial charge in [-0.2, -0.15) is 4.37 Å². The van der Waals surface area contributed by atoms with Crippen molar-refractivity contribution in [2.75, 3.05) is 4.72 Å². The lowest BCUT2D eigenvalue weighted by atomic mass is 10.1. The van der Waals surface area contributed by atoms with Gasteiger partial charge in [-0.25, -0.2) is 8.42 Å². The van der Waals surface area contributed by atoms with E-state index in [-0.39, 0.29) is 9.92 Å². The van der Waals surface area contributed by atoms with Crippen molar-refractivity contribution < 1.29 is 8.42 Å². The number of anilines is 1. The van der Waals surface area contributed by atoms with Crippen LogP contribution in [0.3, 0.4) is 0 Å². The van der Waals surface area contributed by atoms with Crippen molar-refractivity contribution in [3.63, 3.8) is 0 Å². The average molecular weight is 325 g/mol. The van der Waals surface area contributed by atoms with E-state index in [1.54, 1.807) is 23.6 Å². The number of nitrogens with one attached hydrogen (secondary N) is 1. The molecule has 102 valence electrons. The zero-order valence-electron chi connectivity index (χ0n) is 10.1. The first-order valence-electron chi connectivity index (χ1n) is 5.68. The molecule has 1 heterocycles. The van der Waals surface area contributed by atoms with E-state index in [1.807, 2.05) is 24.3 Å². The van der Waals surface area contributed by atoms with E-state index in [0.29, 0.717) is 5.82 Å². The van der Waals surface area contributed by atoms with Crippen LogP contribution in [0, 0.1) is 0 Å². The van der Waals surface area contributed by atoms with Gasteiger partial charge in [-0.15, -0.1) is 0 Å². The molecule has 0 spiro atoms. The van der Waals surface area contributed by atoms with Gasteiger partial charge in [0.1, 0.15) is 4.90 Å². The van der Waals surface area contributed by atoms with Crippen LogP contribution in [-0.4, -0.2) is 12.8 Å². The van der Waals surface area contributed by atoms with Crippen molar-refractivity contribution in [3.8, 4) is 0 Å². The summed E-state index contributed by atoms with van der Waals surface area (Å²) in [7, 11) is -3.74. The van der Waals surface area contributed by atoms with Crippen LogP contribution in [0.5, 0.6) is 0 Å². The second-order valence-corrected chi connectivity index (χ2v) is 6.84. The summed E-state index contributed by atoms with van der Waals surface area (Å²) in [4.78, 5) is 0.0471. The molecule has 0 aliphatic carbocycles. The maximum Gasteiger partial charge on any atom is 0.264 e. The zero-order chi connectivity index (χ0) is 14.2. The highest BCUT2D eigenvalue weighted by atomic mass is 35.5. The van der Waals surface area contributed by atoms with E-state index in [4.69, 9.17) is 11.6 Å². The molecule has 0 bridgehead atoms. The second-order valence-electron chi connectivity index (χ2n) is 4.12. The minimum atomic E-state index is -3.74. The first-order chi connectivity index (χ1) is 9.56. The highest BCUT2D eigenvalue weighted by Gasteiger charge is 2.19. The smallest absolute Gasteiger partial charge is 0.262 e. The van der Waals surface area contributed by atoms with Crippen LogP contribution in [0.2, 0.25) is 5.02 Å². The van der Waals surface area contributed by atoms with Gasteiger partial charge in [0, 0.05) is 5.38 Å². The third-order valence-corrected chi connectivity index (χ3v) is 5.15. The summed E-state index contributed by atoms with van der Waals surface area (Å²) >= 11 is 7.26. The zero-order valence-corrected chi connectivity index (χ0v) is 12.5. The Hall–Kier alpha value is -1.63. The molecule has 4 nitrogen and oxygen atoms in total. The predicted octanol–water partition coefficient (Wildman–Crippen LogP) is 3.75. The van der Waals surface area contributed by atoms with E-state index < -0.39 is 10.0 Å². The van der Waals surface area contributed by atoms with E-state index >= 15 is 0 Å². The summed E-state index contributed by atoms with van der Waals surface area (Å²) in [6.45, 7) is 0. The van der Waals surface area contributed by atoms with Gasteiger partial charge in [0.2, 0.25) is 0 Å². The Morgan fingerprint density at radius 2 is 1.80 bits per heavy atom. The minimum absolute atomic E-state index is 0.0471. The van der Waals surface area contributed by atoms with E-state index in [0.717, 1.165) is 10.8 Å². The van der Waals surface area contributed by atoms with Crippen molar-refractivity contribution in [2.45, 2.75) is 4.90 Å². The van der Waals surface area contributed by atoms with Crippen LogP contribution in [0.15, 0.2) is 52.7 Å². The topological polar surface area (TPSA) is 59.1 Å². The molecule has 2 aromatic carbocycles. The van der Waals surface area contributed by atoms with E-state index in [9.17, 15) is 8.42 Å². The average Bonchev–Trinajstić information content (AvgIpc) is 2.90. The monoisotopic (exact) mass is 324 g/mol. The first-order valence-corrected chi connectivity index (χ1v) is 8.37. The SMILES string of the molecule is O=S(=O)(Nc1ccsn1)c1cc2ccccc2cc1Cl. The van der Waals surface area contributed by atoms with Gasteiger partial charge < -0.3 is 0 Å². The summed E-state index contributed by atoms with van der Waals surface area (Å²) in [5.74, 6) is 0.291. The minimum Gasteiger partial charge on any atom is -0.262 e. The van der Waals surface area contributed by atoms with Gasteiger partial charge in [0.25, 0.3) is 10.0 Å². The summed E-state index contributed by atoms with van der Waals surface area (Å²) in [6, 6.07) is 12.2. The molecule has 20 heavy (non-hydrogen) atoms. The van der Waals surface area contributed by atoms with E-state index in [1.165, 1.54) is 11.5 Å². The fraction of sp³-hybridized carbons (Fsp3) is 0. The molecule has 1 aromatic heterocycles. The highest BCUT2D eigenvalue weighted by molar-refractivity contribution is 7.92. The summed E-state index contributed by atoms with van der Waals surface area (Å²) in [5.41, 5.74) is 0. The van der Waals surface area contributed by atoms with Crippen LogP contribution in [0.1, 0.15) is 0 Å². The number of hydrogen-bond donors (Lipinski definition) is 1. The molecule has 0 amide bonds. The van der Waals surface area contributed by atoms with Crippen LogP contribution in [0.4, 0.5) is 5.82 Å². The van der Waals surface area contributed by atoms with Gasteiger partial charge in [-0.1, -0.05) is 35.9 Å². The Balaban J connectivity index is 2.11. The van der Waals surface area contributed by atoms with Crippen LogP contribution >= 0.6 is 23.1 Å². The molecule has 0 radical (unpaired) electrons. The molecular weight excluding hydrogens is 316 g/mol. The lowest BCUT2D eigenvalue weighted by Crippen LogP contribution is -2.13. The molecular formula is C13H9ClN2O2S2. The molecule has 3 rings (SSSR count). The van der Waals surface area contributed by atoms with Crippen molar-refractivity contribution in [1.29, 1.82) is 0 Å². The number of rotatable bonds is 3. The first kappa shape index (κ1) is 13.4. The maximum absolute atomic E-state index is 12.3. The molecule has 7 heteroatoms. The van der Waals surface area contributed by atoms with Crippen molar-refractivity contribution in [1.82, 2.24) is 4.37 Å². The fourth-order valence-corrected chi connectivity index (χ4v) is 3.96. The Morgan fingerprint density at radius 3 is 2.45 bits per heavy atom. The summed E-state index contributed by atoms with van der Waals surface area (Å²) in [5, 5.41) is 3.59. The van der Waals surface area contributed by atoms with Gasteiger partial charge in [0.15, 0.2) is 5.82 Å². The van der Waals surface area contributed by atoms with Gasteiger partial charge >= 0.3 is 0 Å². The number of hydrogen-bond acceptors (Lipinski definition) is 4. The quantitative estimate of drug-likeness (QED) is 0.798. The lowest BCUT2D eigenvalue weighted by Gasteiger charge is -2.09. The molecule has 0 aliphatic heterocycles. The summed E-state index contributed by atoms with van der Waals surface area (Å²) < 4.78 is 31.0. The number of halogens is 1. The van der Waals surface area contributed by atoms with E-state index in [2.05, 4.69) is 9.10 Å². The van der Waals surface area contributed by atoms with Crippen LogP contribution in [-0.2, 0) is 10.0 Å². The fourth-order valence-electron chi connectivity index (χ4n) is 1.86. The van der Waals surface area contributed by atoms with Crippen molar-refractivity contribution >= 4 is 49.7 Å². The number of fused-ring (bicyclic) bond motifs is 1. The Morgan fingerprint density at radius 1 is 1.10 bits per heavy atom. The molecule has 0 saturated heterocycles. The Labute approximate surface area is 125 Å². The molecule has 3 aromatic rings. The Bertz CT molecular complexity index is 861. The Kier molecular flexibility index (Phi) is 3.37. The number of sulfonamides is 1. The standard InChI is InChI=1S/C13H9ClN2O2S2/c14-11-7-9-3-1-2-4-10(9)8-12(11)20(17,18)16-13-5-6-19-15-13/h1-8H,(H,15,16). The molecule has 0 saturated carbocycles. The molecule has 0 unspecified atom stereocenters. The van der Waals surface area contributed by atoms with Gasteiger partial charge in [0.05, 0.1) is 5.02 Å². The predicted molar refractivity (Wildman–Crippen MR) is 81.9 cm³/mol. The molecule has 0 atom stereocenters. The lowest BCUT2D eigenvalue weighted by molar-refractivity contribution is 0.601. The largest absolute Gasteiger partial charge is 0.264 e. The van der Waals surface area contributed by atoms with Gasteiger partial charge in [-0.05, 0) is 40.5 Å². The number of benzene rings is 2. The highest BCUT2D eigenvalue weighted by Crippen LogP contribution is 2.28. The maximum atomic E-state index is 12.3. The third kappa shape index (κ3) is 2.49. The van der Waals surface area contributed by atoms with Crippen LogP contribution < -0.4 is 4.72 Å². The van der Waals surface area contributed by atoms with Crippen molar-refractivity contribution in [3.05, 3.63) is 52.9 Å². The van der Waals surface area contributed by atoms with Crippen LogP contribution in [0.25, 0.3) is 10.8 Å². The molecule has 0 fully saturated rings. The summed E-state index contributed by atoms with van der Waals surface area (Å²) in [6.07, 6.45) is 0. The molecule has 1 N–H and O–H groups in total. The normalized spacial score (nSPS) is 11.7.